The first-order chi connectivity index (χ1) is 10.2. The molecule has 0 radical (unpaired) electrons. The van der Waals surface area contributed by atoms with E-state index in [4.69, 9.17) is 0 Å². The molecule has 0 aliphatic carbocycles. The van der Waals surface area contributed by atoms with E-state index in [0.717, 1.165) is 16.5 Å². The number of rotatable bonds is 3. The van der Waals surface area contributed by atoms with Gasteiger partial charge in [0.15, 0.2) is 0 Å². The van der Waals surface area contributed by atoms with Crippen molar-refractivity contribution >= 4 is 10.8 Å². The van der Waals surface area contributed by atoms with Gasteiger partial charge in [-0.2, -0.15) is 5.10 Å². The smallest absolute Gasteiger partial charge is 0.274 e. The molecule has 1 unspecified atom stereocenters. The maximum atomic E-state index is 12.4. The van der Waals surface area contributed by atoms with Gasteiger partial charge in [0.25, 0.3) is 5.56 Å². The van der Waals surface area contributed by atoms with Crippen LogP contribution in [0.15, 0.2) is 59.5 Å². The number of aryl methyl sites for hydroxylation is 1. The van der Waals surface area contributed by atoms with Crippen LogP contribution >= 0.6 is 0 Å². The van der Waals surface area contributed by atoms with Crippen LogP contribution in [-0.4, -0.2) is 14.9 Å². The average Bonchev–Trinajstić information content (AvgIpc) is 2.51. The van der Waals surface area contributed by atoms with E-state index in [0.29, 0.717) is 5.39 Å². The van der Waals surface area contributed by atoms with Crippen molar-refractivity contribution in [2.45, 2.75) is 19.6 Å². The molecular weight excluding hydrogens is 264 g/mol. The van der Waals surface area contributed by atoms with Crippen LogP contribution in [0.4, 0.5) is 0 Å². The monoisotopic (exact) mass is 280 g/mol. The SMILES string of the molecule is Cc1ccccc1C(O)Cn1ncc2ccccc2c1=O. The number of hydrogen-bond donors (Lipinski definition) is 1. The molecule has 21 heavy (non-hydrogen) atoms. The van der Waals surface area contributed by atoms with Crippen LogP contribution in [0, 0.1) is 6.92 Å². The molecule has 106 valence electrons. The van der Waals surface area contributed by atoms with Gasteiger partial charge in [0, 0.05) is 5.39 Å². The highest BCUT2D eigenvalue weighted by atomic mass is 16.3. The van der Waals surface area contributed by atoms with Crippen LogP contribution < -0.4 is 5.56 Å². The minimum atomic E-state index is -0.752. The Morgan fingerprint density at radius 1 is 1.14 bits per heavy atom. The van der Waals surface area contributed by atoms with Gasteiger partial charge >= 0.3 is 0 Å². The Balaban J connectivity index is 1.97. The van der Waals surface area contributed by atoms with E-state index in [1.54, 1.807) is 12.3 Å². The zero-order valence-corrected chi connectivity index (χ0v) is 11.7. The molecule has 3 rings (SSSR count). The molecule has 0 fully saturated rings. The van der Waals surface area contributed by atoms with Gasteiger partial charge in [-0.25, -0.2) is 4.68 Å². The Hall–Kier alpha value is -2.46. The molecule has 4 nitrogen and oxygen atoms in total. The molecule has 0 amide bonds. The second-order valence-electron chi connectivity index (χ2n) is 5.09. The highest BCUT2D eigenvalue weighted by molar-refractivity contribution is 5.80. The number of aliphatic hydroxyl groups is 1. The number of aliphatic hydroxyl groups excluding tert-OH is 1. The summed E-state index contributed by atoms with van der Waals surface area (Å²) in [6.45, 7) is 2.09. The van der Waals surface area contributed by atoms with E-state index in [1.807, 2.05) is 49.4 Å². The fourth-order valence-electron chi connectivity index (χ4n) is 2.48. The Morgan fingerprint density at radius 2 is 1.86 bits per heavy atom. The minimum absolute atomic E-state index is 0.147. The van der Waals surface area contributed by atoms with E-state index in [9.17, 15) is 9.90 Å². The average molecular weight is 280 g/mol. The summed E-state index contributed by atoms with van der Waals surface area (Å²) in [4.78, 5) is 12.4. The number of hydrogen-bond acceptors (Lipinski definition) is 3. The molecule has 0 saturated heterocycles. The van der Waals surface area contributed by atoms with Crippen molar-refractivity contribution in [1.82, 2.24) is 9.78 Å². The number of benzene rings is 2. The molecule has 1 aromatic heterocycles. The van der Waals surface area contributed by atoms with Crippen molar-refractivity contribution in [3.8, 4) is 0 Å². The van der Waals surface area contributed by atoms with Crippen LogP contribution in [0.1, 0.15) is 17.2 Å². The predicted molar refractivity (Wildman–Crippen MR) is 82.1 cm³/mol. The highest BCUT2D eigenvalue weighted by Gasteiger charge is 2.13. The molecule has 0 spiro atoms. The first kappa shape index (κ1) is 13.5. The van der Waals surface area contributed by atoms with Crippen molar-refractivity contribution < 1.29 is 5.11 Å². The van der Waals surface area contributed by atoms with Gasteiger partial charge in [0.05, 0.1) is 24.2 Å². The molecule has 0 aliphatic heterocycles. The van der Waals surface area contributed by atoms with Gasteiger partial charge in [0.2, 0.25) is 0 Å². The topological polar surface area (TPSA) is 55.1 Å². The summed E-state index contributed by atoms with van der Waals surface area (Å²) in [7, 11) is 0. The lowest BCUT2D eigenvalue weighted by Gasteiger charge is -2.14. The van der Waals surface area contributed by atoms with Gasteiger partial charge in [0.1, 0.15) is 0 Å². The van der Waals surface area contributed by atoms with Crippen molar-refractivity contribution in [2.24, 2.45) is 0 Å². The maximum Gasteiger partial charge on any atom is 0.274 e. The predicted octanol–water partition coefficient (Wildman–Crippen LogP) is 2.44. The molecule has 1 heterocycles. The molecule has 4 heteroatoms. The third kappa shape index (κ3) is 2.58. The molecule has 0 bridgehead atoms. The van der Waals surface area contributed by atoms with E-state index in [-0.39, 0.29) is 12.1 Å². The quantitative estimate of drug-likeness (QED) is 0.801. The summed E-state index contributed by atoms with van der Waals surface area (Å²) >= 11 is 0. The maximum absolute atomic E-state index is 12.4. The fourth-order valence-corrected chi connectivity index (χ4v) is 2.48. The lowest BCUT2D eigenvalue weighted by Crippen LogP contribution is -2.25. The summed E-state index contributed by atoms with van der Waals surface area (Å²) in [6.07, 6.45) is 0.902. The van der Waals surface area contributed by atoms with Crippen LogP contribution in [0.5, 0.6) is 0 Å². The third-order valence-electron chi connectivity index (χ3n) is 3.66. The third-order valence-corrected chi connectivity index (χ3v) is 3.66. The summed E-state index contributed by atoms with van der Waals surface area (Å²) in [5.74, 6) is 0. The Labute approximate surface area is 122 Å². The highest BCUT2D eigenvalue weighted by Crippen LogP contribution is 2.18. The van der Waals surface area contributed by atoms with E-state index >= 15 is 0 Å². The van der Waals surface area contributed by atoms with Gasteiger partial charge in [-0.05, 0) is 24.1 Å². The molecule has 0 saturated carbocycles. The molecular formula is C17H16N2O2. The molecule has 1 N–H and O–H groups in total. The molecule has 3 aromatic rings. The van der Waals surface area contributed by atoms with Crippen molar-refractivity contribution in [2.75, 3.05) is 0 Å². The van der Waals surface area contributed by atoms with Crippen molar-refractivity contribution in [1.29, 1.82) is 0 Å². The minimum Gasteiger partial charge on any atom is -0.386 e. The standard InChI is InChI=1S/C17H16N2O2/c1-12-6-2-4-8-14(12)16(20)11-19-17(21)15-9-5-3-7-13(15)10-18-19/h2-10,16,20H,11H2,1H3. The molecule has 0 aliphatic rings. The van der Waals surface area contributed by atoms with Gasteiger partial charge < -0.3 is 5.11 Å². The van der Waals surface area contributed by atoms with E-state index in [1.165, 1.54) is 4.68 Å². The number of nitrogens with zero attached hydrogens (tertiary/aromatic N) is 2. The van der Waals surface area contributed by atoms with Gasteiger partial charge in [-0.3, -0.25) is 4.79 Å². The first-order valence-electron chi connectivity index (χ1n) is 6.85. The van der Waals surface area contributed by atoms with Crippen LogP contribution in [0.3, 0.4) is 0 Å². The van der Waals surface area contributed by atoms with Crippen molar-refractivity contribution in [3.05, 3.63) is 76.2 Å². The zero-order valence-electron chi connectivity index (χ0n) is 11.7. The largest absolute Gasteiger partial charge is 0.386 e. The lowest BCUT2D eigenvalue weighted by atomic mass is 10.0. The first-order valence-corrected chi connectivity index (χ1v) is 6.85. The summed E-state index contributed by atoms with van der Waals surface area (Å²) in [5.41, 5.74) is 1.64. The zero-order chi connectivity index (χ0) is 14.8. The summed E-state index contributed by atoms with van der Waals surface area (Å²) in [5, 5.41) is 15.9. The second kappa shape index (κ2) is 5.50. The van der Waals surface area contributed by atoms with Gasteiger partial charge in [-0.15, -0.1) is 0 Å². The summed E-state index contributed by atoms with van der Waals surface area (Å²) in [6, 6.07) is 14.9. The van der Waals surface area contributed by atoms with Crippen LogP contribution in [0.25, 0.3) is 10.8 Å². The molecule has 2 aromatic carbocycles. The Kier molecular flexibility index (Phi) is 3.54. The van der Waals surface area contributed by atoms with Crippen LogP contribution in [0.2, 0.25) is 0 Å². The second-order valence-corrected chi connectivity index (χ2v) is 5.09. The van der Waals surface area contributed by atoms with E-state index in [2.05, 4.69) is 5.10 Å². The molecule has 1 atom stereocenters. The summed E-state index contributed by atoms with van der Waals surface area (Å²) < 4.78 is 1.32. The fraction of sp³-hybridized carbons (Fsp3) is 0.176. The lowest BCUT2D eigenvalue weighted by molar-refractivity contribution is 0.149. The number of aromatic nitrogens is 2. The normalized spacial score (nSPS) is 12.5. The van der Waals surface area contributed by atoms with Gasteiger partial charge in [-0.1, -0.05) is 42.5 Å². The Morgan fingerprint density at radius 3 is 2.67 bits per heavy atom. The van der Waals surface area contributed by atoms with Crippen molar-refractivity contribution in [3.63, 3.8) is 0 Å². The number of fused-ring (bicyclic) bond motifs is 1. The van der Waals surface area contributed by atoms with Crippen LogP contribution in [-0.2, 0) is 6.54 Å². The Bertz CT molecular complexity index is 839. The van der Waals surface area contributed by atoms with E-state index < -0.39 is 6.10 Å².